The standard InChI is InChI=1S/C2H2As3.3ClH.Zr/c1-2-4-5-3-1;;;;/h1,3H;3*1H;/q;;;;+3/p-3. The van der Waals surface area contributed by atoms with E-state index in [0.29, 0.717) is 13.7 Å². The third kappa shape index (κ3) is 9.08. The molecule has 0 aromatic carbocycles. The molecule has 0 bridgehead atoms. The monoisotopic (exact) mass is 446 g/mol. The molecule has 1 aliphatic heterocycles. The zero-order valence-corrected chi connectivity index (χ0v) is 14.7. The summed E-state index contributed by atoms with van der Waals surface area (Å²) < 4.78 is 1.86. The number of rotatable bonds is 0. The number of hydrogen-bond donors (Lipinski definition) is 0. The first-order valence-electron chi connectivity index (χ1n) is 1.47. The second-order valence-corrected chi connectivity index (χ2v) is 25.9. The van der Waals surface area contributed by atoms with Gasteiger partial charge in [-0.1, -0.05) is 0 Å². The van der Waals surface area contributed by atoms with Crippen molar-refractivity contribution in [2.24, 2.45) is 0 Å². The summed E-state index contributed by atoms with van der Waals surface area (Å²) in [7, 11) is 0. The fourth-order valence-corrected chi connectivity index (χ4v) is 46.2. The van der Waals surface area contributed by atoms with Gasteiger partial charge in [-0.3, -0.25) is 0 Å². The van der Waals surface area contributed by atoms with Gasteiger partial charge < -0.3 is 37.2 Å². The Morgan fingerprint density at radius 3 is 2.00 bits per heavy atom. The second kappa shape index (κ2) is 11.2. The topological polar surface area (TPSA) is 0 Å². The minimum atomic E-state index is 0. The van der Waals surface area contributed by atoms with E-state index in [2.05, 4.69) is 4.86 Å². The zero-order chi connectivity index (χ0) is 4.41. The molecule has 0 fully saturated rings. The van der Waals surface area contributed by atoms with Crippen LogP contribution in [0.4, 0.5) is 0 Å². The van der Waals surface area contributed by atoms with Gasteiger partial charge in [0.2, 0.25) is 0 Å². The molecule has 1 heterocycles. The van der Waals surface area contributed by atoms with Crippen molar-refractivity contribution in [3.8, 4) is 0 Å². The predicted octanol–water partition coefficient (Wildman–Crippen LogP) is -9.97. The van der Waals surface area contributed by atoms with Crippen molar-refractivity contribution in [3.05, 3.63) is 6.93 Å². The Morgan fingerprint density at radius 1 is 1.33 bits per heavy atom. The third-order valence-corrected chi connectivity index (χ3v) is 30.4. The second-order valence-electron chi connectivity index (χ2n) is 0.859. The van der Waals surface area contributed by atoms with Crippen LogP contribution in [0.15, 0.2) is 6.93 Å². The maximum absolute atomic E-state index is 2.57. The average Bonchev–Trinajstić information content (AvgIpc) is 1.86. The molecule has 1 unspecified atom stereocenters. The summed E-state index contributed by atoms with van der Waals surface area (Å²) in [4.78, 5) is 2.57. The van der Waals surface area contributed by atoms with E-state index in [0.717, 1.165) is 24.2 Å². The van der Waals surface area contributed by atoms with Crippen LogP contribution in [-0.2, 0) is 24.7 Å². The van der Waals surface area contributed by atoms with Gasteiger partial charge in [0.25, 0.3) is 0 Å². The first kappa shape index (κ1) is 18.1. The molecule has 9 heavy (non-hydrogen) atoms. The van der Waals surface area contributed by atoms with E-state index in [4.69, 9.17) is 0 Å². The van der Waals surface area contributed by atoms with E-state index >= 15 is 0 Å². The molecule has 0 aromatic rings. The molecule has 0 radical (unpaired) electrons. The van der Waals surface area contributed by atoms with Gasteiger partial charge in [0.15, 0.2) is 0 Å². The summed E-state index contributed by atoms with van der Waals surface area (Å²) in [6.45, 7) is 0. The van der Waals surface area contributed by atoms with Gasteiger partial charge >= 0.3 is 69.5 Å². The molecule has 1 aliphatic rings. The van der Waals surface area contributed by atoms with Crippen LogP contribution in [-0.4, -0.2) is 37.9 Å². The first-order chi connectivity index (χ1) is 2.89. The summed E-state index contributed by atoms with van der Waals surface area (Å²) in [5, 5.41) is 0. The van der Waals surface area contributed by atoms with Crippen LogP contribution in [0.2, 0.25) is 0 Å². The first-order valence-corrected chi connectivity index (χ1v) is 15.9. The Kier molecular flexibility index (Phi) is 22.4. The van der Waals surface area contributed by atoms with Gasteiger partial charge in [0, 0.05) is 0 Å². The minimum absolute atomic E-state index is 0. The molecule has 0 amide bonds. The van der Waals surface area contributed by atoms with Gasteiger partial charge in [-0.15, -0.1) is 0 Å². The van der Waals surface area contributed by atoms with Crippen molar-refractivity contribution in [1.29, 1.82) is 0 Å². The molecule has 0 spiro atoms. The van der Waals surface area contributed by atoms with Crippen molar-refractivity contribution in [2.45, 2.75) is 0 Å². The Morgan fingerprint density at radius 2 is 1.89 bits per heavy atom. The third-order valence-electron chi connectivity index (χ3n) is 0.417. The molecule has 0 aromatic heterocycles. The molecule has 0 nitrogen and oxygen atoms in total. The predicted molar refractivity (Wildman–Crippen MR) is 26.7 cm³/mol. The SMILES string of the molecule is [Cl-].[Cl-].[Cl-].[Zr+3][C]1=C[AsH][As]=[As]1. The van der Waals surface area contributed by atoms with E-state index in [9.17, 15) is 0 Å². The van der Waals surface area contributed by atoms with E-state index < -0.39 is 0 Å². The van der Waals surface area contributed by atoms with Crippen LogP contribution >= 0.6 is 0 Å². The maximum atomic E-state index is 2.57. The summed E-state index contributed by atoms with van der Waals surface area (Å²) in [5.74, 6) is 0. The number of hydrogen-bond acceptors (Lipinski definition) is 0. The zero-order valence-electron chi connectivity index (χ0n) is 4.11. The van der Waals surface area contributed by atoms with Crippen LogP contribution in [0.25, 0.3) is 0 Å². The normalized spacial score (nSPS) is 18.7. The van der Waals surface area contributed by atoms with Crippen LogP contribution in [0.1, 0.15) is 0 Å². The molecular weight excluding hydrogens is 446 g/mol. The van der Waals surface area contributed by atoms with Gasteiger partial charge in [0.05, 0.1) is 0 Å². The molecule has 50 valence electrons. The van der Waals surface area contributed by atoms with Crippen molar-refractivity contribution in [1.82, 2.24) is 0 Å². The van der Waals surface area contributed by atoms with Gasteiger partial charge in [-0.2, -0.15) is 0 Å². The number of halogens is 3. The van der Waals surface area contributed by atoms with Crippen molar-refractivity contribution < 1.29 is 61.9 Å². The molecule has 0 saturated carbocycles. The quantitative estimate of drug-likeness (QED) is 0.323. The van der Waals surface area contributed by atoms with E-state index in [-0.39, 0.29) is 37.2 Å². The molecule has 0 saturated heterocycles. The molecule has 7 heteroatoms. The summed E-state index contributed by atoms with van der Waals surface area (Å²) in [6.07, 6.45) is 0. The Balaban J connectivity index is -0.000000120. The molecule has 0 aliphatic carbocycles. The van der Waals surface area contributed by atoms with Crippen molar-refractivity contribution in [2.75, 3.05) is 0 Å². The van der Waals surface area contributed by atoms with E-state index in [1.807, 2.05) is 2.07 Å². The van der Waals surface area contributed by atoms with Crippen LogP contribution in [0, 0.1) is 0 Å². The van der Waals surface area contributed by atoms with Crippen LogP contribution in [0.5, 0.6) is 0 Å². The Labute approximate surface area is 105 Å². The van der Waals surface area contributed by atoms with Gasteiger partial charge in [-0.05, 0) is 0 Å². The van der Waals surface area contributed by atoms with E-state index in [1.165, 1.54) is 0 Å². The summed E-state index contributed by atoms with van der Waals surface area (Å²) in [5.41, 5.74) is 0. The molecule has 1 atom stereocenters. The Bertz CT molecular complexity index is 111. The van der Waals surface area contributed by atoms with Crippen molar-refractivity contribution >= 4 is 37.9 Å². The van der Waals surface area contributed by atoms with Crippen LogP contribution in [0.3, 0.4) is 0 Å². The molecular formula is C2H2As3Cl3Zr. The molecule has 0 N–H and O–H groups in total. The fourth-order valence-electron chi connectivity index (χ4n) is 0.202. The summed E-state index contributed by atoms with van der Waals surface area (Å²) >= 11 is 4.13. The average molecular weight is 448 g/mol. The molecule has 1 rings (SSSR count). The van der Waals surface area contributed by atoms with Gasteiger partial charge in [0.1, 0.15) is 0 Å². The van der Waals surface area contributed by atoms with Crippen LogP contribution < -0.4 is 37.2 Å². The fraction of sp³-hybridized carbons (Fsp3) is 0. The van der Waals surface area contributed by atoms with E-state index in [1.54, 1.807) is 24.7 Å². The Hall–Kier alpha value is 3.17. The van der Waals surface area contributed by atoms with Crippen molar-refractivity contribution in [3.63, 3.8) is 0 Å². The summed E-state index contributed by atoms with van der Waals surface area (Å²) in [6, 6.07) is 0. The van der Waals surface area contributed by atoms with Gasteiger partial charge in [-0.25, -0.2) is 0 Å².